The molecule has 0 radical (unpaired) electrons. The molecule has 0 unspecified atom stereocenters. The van der Waals surface area contributed by atoms with Gasteiger partial charge in [-0.05, 0) is 37.8 Å². The van der Waals surface area contributed by atoms with E-state index in [9.17, 15) is 0 Å². The summed E-state index contributed by atoms with van der Waals surface area (Å²) < 4.78 is 0. The molecule has 2 heterocycles. The highest BCUT2D eigenvalue weighted by Crippen LogP contribution is 2.21. The summed E-state index contributed by atoms with van der Waals surface area (Å²) in [5.74, 6) is 1.66. The van der Waals surface area contributed by atoms with Crippen molar-refractivity contribution in [2.75, 3.05) is 17.2 Å². The van der Waals surface area contributed by atoms with Crippen LogP contribution in [0.2, 0.25) is 0 Å². The van der Waals surface area contributed by atoms with Gasteiger partial charge in [0.2, 0.25) is 5.95 Å². The number of fused-ring (bicyclic) bond motifs is 1. The van der Waals surface area contributed by atoms with E-state index in [1.165, 1.54) is 55.0 Å². The average molecular weight is 364 g/mol. The van der Waals surface area contributed by atoms with Gasteiger partial charge >= 0.3 is 0 Å². The Morgan fingerprint density at radius 1 is 1.07 bits per heavy atom. The number of anilines is 2. The monoisotopic (exact) mass is 363 g/mol. The first-order chi connectivity index (χ1) is 13.3. The number of para-hydroxylation sites is 1. The number of nitrogens with zero attached hydrogens (tertiary/aromatic N) is 2. The van der Waals surface area contributed by atoms with Gasteiger partial charge in [0, 0.05) is 41.4 Å². The highest BCUT2D eigenvalue weighted by atomic mass is 15.2. The van der Waals surface area contributed by atoms with Crippen LogP contribution in [0.1, 0.15) is 49.8 Å². The predicted molar refractivity (Wildman–Crippen MR) is 112 cm³/mol. The van der Waals surface area contributed by atoms with Gasteiger partial charge in [-0.1, -0.05) is 43.9 Å². The van der Waals surface area contributed by atoms with Gasteiger partial charge in [-0.3, -0.25) is 0 Å². The molecule has 1 fully saturated rings. The molecule has 1 aliphatic carbocycles. The largest absolute Gasteiger partial charge is 0.370 e. The predicted octanol–water partition coefficient (Wildman–Crippen LogP) is 5.06. The van der Waals surface area contributed by atoms with E-state index in [0.29, 0.717) is 6.04 Å². The van der Waals surface area contributed by atoms with E-state index in [4.69, 9.17) is 4.98 Å². The SMILES string of the molecule is Cc1cc(NCCc2c[nH]c3ccccc23)nc(NC2CCCCCC2)n1. The summed E-state index contributed by atoms with van der Waals surface area (Å²) >= 11 is 0. The zero-order valence-corrected chi connectivity index (χ0v) is 16.1. The third kappa shape index (κ3) is 4.59. The molecule has 4 rings (SSSR count). The number of nitrogens with one attached hydrogen (secondary N) is 3. The molecule has 0 atom stereocenters. The average Bonchev–Trinajstić information content (AvgIpc) is 2.89. The fraction of sp³-hybridized carbons (Fsp3) is 0.455. The molecule has 1 aliphatic rings. The van der Waals surface area contributed by atoms with Gasteiger partial charge in [-0.2, -0.15) is 4.98 Å². The van der Waals surface area contributed by atoms with E-state index in [0.717, 1.165) is 30.4 Å². The molecule has 1 saturated carbocycles. The number of H-pyrrole nitrogens is 1. The number of aromatic amines is 1. The first kappa shape index (κ1) is 17.8. The lowest BCUT2D eigenvalue weighted by atomic mass is 10.1. The van der Waals surface area contributed by atoms with E-state index in [1.54, 1.807) is 0 Å². The van der Waals surface area contributed by atoms with Gasteiger partial charge in [0.25, 0.3) is 0 Å². The van der Waals surface area contributed by atoms with Gasteiger partial charge < -0.3 is 15.6 Å². The number of aryl methyl sites for hydroxylation is 1. The number of rotatable bonds is 6. The number of aromatic nitrogens is 3. The van der Waals surface area contributed by atoms with Crippen molar-refractivity contribution in [3.63, 3.8) is 0 Å². The number of hydrogen-bond donors (Lipinski definition) is 3. The molecule has 142 valence electrons. The number of benzene rings is 1. The van der Waals surface area contributed by atoms with Crippen molar-refractivity contribution in [2.45, 2.75) is 57.9 Å². The first-order valence-corrected chi connectivity index (χ1v) is 10.2. The van der Waals surface area contributed by atoms with Gasteiger partial charge in [-0.15, -0.1) is 0 Å². The van der Waals surface area contributed by atoms with Gasteiger partial charge in [-0.25, -0.2) is 4.98 Å². The summed E-state index contributed by atoms with van der Waals surface area (Å²) in [6.45, 7) is 2.88. The Morgan fingerprint density at radius 3 is 2.74 bits per heavy atom. The lowest BCUT2D eigenvalue weighted by Crippen LogP contribution is -2.20. The highest BCUT2D eigenvalue weighted by molar-refractivity contribution is 5.83. The fourth-order valence-corrected chi connectivity index (χ4v) is 3.99. The Labute approximate surface area is 161 Å². The Balaban J connectivity index is 1.37. The van der Waals surface area contributed by atoms with Crippen LogP contribution in [0.5, 0.6) is 0 Å². The Morgan fingerprint density at radius 2 is 1.89 bits per heavy atom. The fourth-order valence-electron chi connectivity index (χ4n) is 3.99. The normalized spacial score (nSPS) is 15.6. The minimum Gasteiger partial charge on any atom is -0.370 e. The standard InChI is InChI=1S/C22H29N5/c1-16-14-21(27-22(25-16)26-18-8-4-2-3-5-9-18)23-13-12-17-15-24-20-11-7-6-10-19(17)20/h6-7,10-11,14-15,18,24H,2-5,8-9,12-13H2,1H3,(H2,23,25,26,27). The second-order valence-corrected chi connectivity index (χ2v) is 7.59. The van der Waals surface area contributed by atoms with E-state index < -0.39 is 0 Å². The van der Waals surface area contributed by atoms with Crippen molar-refractivity contribution in [2.24, 2.45) is 0 Å². The van der Waals surface area contributed by atoms with Crippen LogP contribution >= 0.6 is 0 Å². The quantitative estimate of drug-likeness (QED) is 0.536. The third-order valence-electron chi connectivity index (χ3n) is 5.42. The zero-order valence-electron chi connectivity index (χ0n) is 16.1. The molecule has 3 aromatic rings. The van der Waals surface area contributed by atoms with Crippen LogP contribution in [0.3, 0.4) is 0 Å². The van der Waals surface area contributed by atoms with Crippen molar-refractivity contribution in [1.82, 2.24) is 15.0 Å². The smallest absolute Gasteiger partial charge is 0.225 e. The van der Waals surface area contributed by atoms with Gasteiger partial charge in [0.15, 0.2) is 0 Å². The third-order valence-corrected chi connectivity index (χ3v) is 5.42. The van der Waals surface area contributed by atoms with Crippen molar-refractivity contribution >= 4 is 22.7 Å². The van der Waals surface area contributed by atoms with Crippen molar-refractivity contribution in [3.05, 3.63) is 47.8 Å². The maximum atomic E-state index is 4.70. The van der Waals surface area contributed by atoms with Crippen LogP contribution < -0.4 is 10.6 Å². The van der Waals surface area contributed by atoms with Crippen LogP contribution in [0.25, 0.3) is 10.9 Å². The minimum atomic E-state index is 0.508. The summed E-state index contributed by atoms with van der Waals surface area (Å²) in [5, 5.41) is 8.34. The maximum Gasteiger partial charge on any atom is 0.225 e. The van der Waals surface area contributed by atoms with Crippen LogP contribution in [0.4, 0.5) is 11.8 Å². The molecule has 0 amide bonds. The van der Waals surface area contributed by atoms with Crippen LogP contribution in [0, 0.1) is 6.92 Å². The van der Waals surface area contributed by atoms with Crippen LogP contribution in [-0.4, -0.2) is 27.5 Å². The van der Waals surface area contributed by atoms with Crippen molar-refractivity contribution in [3.8, 4) is 0 Å². The summed E-state index contributed by atoms with van der Waals surface area (Å²) in [5.41, 5.74) is 3.52. The first-order valence-electron chi connectivity index (χ1n) is 10.2. The second kappa shape index (κ2) is 8.42. The van der Waals surface area contributed by atoms with Crippen LogP contribution in [0.15, 0.2) is 36.5 Å². The summed E-state index contributed by atoms with van der Waals surface area (Å²) in [7, 11) is 0. The Kier molecular flexibility index (Phi) is 5.56. The van der Waals surface area contributed by atoms with Gasteiger partial charge in [0.05, 0.1) is 0 Å². The molecule has 3 N–H and O–H groups in total. The van der Waals surface area contributed by atoms with E-state index >= 15 is 0 Å². The Hall–Kier alpha value is -2.56. The van der Waals surface area contributed by atoms with Gasteiger partial charge in [0.1, 0.15) is 5.82 Å². The lowest BCUT2D eigenvalue weighted by molar-refractivity contribution is 0.614. The molecule has 27 heavy (non-hydrogen) atoms. The van der Waals surface area contributed by atoms with E-state index in [-0.39, 0.29) is 0 Å². The molecule has 0 spiro atoms. The van der Waals surface area contributed by atoms with Crippen molar-refractivity contribution < 1.29 is 0 Å². The van der Waals surface area contributed by atoms with Crippen molar-refractivity contribution in [1.29, 1.82) is 0 Å². The molecular weight excluding hydrogens is 334 g/mol. The Bertz CT molecular complexity index is 877. The molecule has 1 aromatic carbocycles. The number of hydrogen-bond acceptors (Lipinski definition) is 4. The molecular formula is C22H29N5. The molecule has 2 aromatic heterocycles. The van der Waals surface area contributed by atoms with Crippen LogP contribution in [-0.2, 0) is 6.42 Å². The molecule has 0 bridgehead atoms. The van der Waals surface area contributed by atoms with E-state index in [1.807, 2.05) is 13.0 Å². The molecule has 0 aliphatic heterocycles. The minimum absolute atomic E-state index is 0.508. The molecule has 5 nitrogen and oxygen atoms in total. The topological polar surface area (TPSA) is 65.6 Å². The second-order valence-electron chi connectivity index (χ2n) is 7.59. The van der Waals surface area contributed by atoms with E-state index in [2.05, 4.69) is 51.1 Å². The summed E-state index contributed by atoms with van der Waals surface area (Å²) in [4.78, 5) is 12.6. The maximum absolute atomic E-state index is 4.70. The summed E-state index contributed by atoms with van der Waals surface area (Å²) in [6, 6.07) is 11.0. The molecule has 5 heteroatoms. The highest BCUT2D eigenvalue weighted by Gasteiger charge is 2.13. The lowest BCUT2D eigenvalue weighted by Gasteiger charge is -2.17. The molecule has 0 saturated heterocycles. The zero-order chi connectivity index (χ0) is 18.5. The summed E-state index contributed by atoms with van der Waals surface area (Å²) in [6.07, 6.45) is 10.8.